The summed E-state index contributed by atoms with van der Waals surface area (Å²) in [5, 5.41) is 13.5. The number of hydrogen-bond acceptors (Lipinski definition) is 4. The quantitative estimate of drug-likeness (QED) is 0.879. The minimum absolute atomic E-state index is 0.268. The highest BCUT2D eigenvalue weighted by molar-refractivity contribution is 5.27. The van der Waals surface area contributed by atoms with E-state index in [9.17, 15) is 5.11 Å². The van der Waals surface area contributed by atoms with E-state index in [4.69, 9.17) is 4.74 Å². The Hall–Kier alpha value is -1.88. The average molecular weight is 275 g/mol. The Kier molecular flexibility index (Phi) is 4.74. The molecular formula is C15H21N3O2. The van der Waals surface area contributed by atoms with Gasteiger partial charge in [0.25, 0.3) is 0 Å². The molecule has 2 rings (SSSR count). The molecule has 0 saturated carbocycles. The number of ether oxygens (including phenoxy) is 1. The fourth-order valence-electron chi connectivity index (χ4n) is 2.02. The molecule has 0 amide bonds. The molecule has 1 unspecified atom stereocenters. The first kappa shape index (κ1) is 14.5. The molecule has 5 nitrogen and oxygen atoms in total. The zero-order chi connectivity index (χ0) is 14.5. The molecule has 0 bridgehead atoms. The van der Waals surface area contributed by atoms with Gasteiger partial charge in [-0.3, -0.25) is 0 Å². The van der Waals surface area contributed by atoms with E-state index in [-0.39, 0.29) is 12.1 Å². The molecule has 1 aromatic carbocycles. The molecule has 0 fully saturated rings. The summed E-state index contributed by atoms with van der Waals surface area (Å²) in [7, 11) is 0. The van der Waals surface area contributed by atoms with Gasteiger partial charge in [-0.05, 0) is 44.9 Å². The van der Waals surface area contributed by atoms with Crippen LogP contribution in [0.25, 0.3) is 0 Å². The zero-order valence-electron chi connectivity index (χ0n) is 12.2. The smallest absolute Gasteiger partial charge is 0.165 e. The van der Waals surface area contributed by atoms with Crippen molar-refractivity contribution in [3.8, 4) is 5.75 Å². The molecule has 1 atom stereocenters. The third-order valence-electron chi connectivity index (χ3n) is 2.96. The van der Waals surface area contributed by atoms with E-state index < -0.39 is 0 Å². The molecular weight excluding hydrogens is 254 g/mol. The second-order valence-electron chi connectivity index (χ2n) is 5.20. The van der Waals surface area contributed by atoms with E-state index in [1.54, 1.807) is 13.3 Å². The number of rotatable bonds is 6. The number of aromatic nitrogens is 3. The van der Waals surface area contributed by atoms with Gasteiger partial charge in [-0.2, -0.15) is 5.10 Å². The summed E-state index contributed by atoms with van der Waals surface area (Å²) in [4.78, 5) is 4.20. The van der Waals surface area contributed by atoms with Gasteiger partial charge in [-0.15, -0.1) is 0 Å². The van der Waals surface area contributed by atoms with Crippen LogP contribution < -0.4 is 4.74 Å². The van der Waals surface area contributed by atoms with Crippen LogP contribution >= 0.6 is 0 Å². The molecule has 0 aliphatic carbocycles. The summed E-state index contributed by atoms with van der Waals surface area (Å²) in [6.07, 6.45) is 1.87. The van der Waals surface area contributed by atoms with E-state index in [1.165, 1.54) is 0 Å². The third kappa shape index (κ3) is 3.81. The highest BCUT2D eigenvalue weighted by Crippen LogP contribution is 2.15. The molecule has 5 heteroatoms. The minimum Gasteiger partial charge on any atom is -0.486 e. The normalized spacial score (nSPS) is 12.7. The van der Waals surface area contributed by atoms with Crippen molar-refractivity contribution in [2.45, 2.75) is 45.9 Å². The Balaban J connectivity index is 1.95. The van der Waals surface area contributed by atoms with Crippen LogP contribution in [0, 0.1) is 0 Å². The van der Waals surface area contributed by atoms with Crippen LogP contribution in [-0.2, 0) is 13.0 Å². The summed E-state index contributed by atoms with van der Waals surface area (Å²) in [6.45, 7) is 6.29. The van der Waals surface area contributed by atoms with E-state index >= 15 is 0 Å². The summed E-state index contributed by atoms with van der Waals surface area (Å²) >= 11 is 0. The van der Waals surface area contributed by atoms with Gasteiger partial charge in [0.15, 0.2) is 5.82 Å². The fraction of sp³-hybridized carbons (Fsp3) is 0.467. The maximum atomic E-state index is 9.34. The topological polar surface area (TPSA) is 60.2 Å². The predicted molar refractivity (Wildman–Crippen MR) is 76.6 cm³/mol. The van der Waals surface area contributed by atoms with Gasteiger partial charge in [0.1, 0.15) is 18.7 Å². The second kappa shape index (κ2) is 6.52. The van der Waals surface area contributed by atoms with Crippen molar-refractivity contribution < 1.29 is 9.84 Å². The Morgan fingerprint density at radius 1 is 1.20 bits per heavy atom. The van der Waals surface area contributed by atoms with Crippen LogP contribution in [0.15, 0.2) is 30.6 Å². The van der Waals surface area contributed by atoms with Crippen molar-refractivity contribution in [3.05, 3.63) is 42.0 Å². The van der Waals surface area contributed by atoms with Crippen LogP contribution in [0.4, 0.5) is 0 Å². The number of aliphatic hydroxyl groups excluding tert-OH is 1. The standard InChI is InChI=1S/C15H21N3O2/c1-11(2)18-15(16-10-17-18)9-20-14-6-4-13(5-7-14)8-12(3)19/h4-7,10-12,19H,8-9H2,1-3H3. The molecule has 0 saturated heterocycles. The van der Waals surface area contributed by atoms with Gasteiger partial charge in [0, 0.05) is 6.04 Å². The van der Waals surface area contributed by atoms with Crippen molar-refractivity contribution in [2.24, 2.45) is 0 Å². The first-order valence-corrected chi connectivity index (χ1v) is 6.84. The van der Waals surface area contributed by atoms with Crippen molar-refractivity contribution in [1.29, 1.82) is 0 Å². The van der Waals surface area contributed by atoms with Crippen molar-refractivity contribution in [3.63, 3.8) is 0 Å². The highest BCUT2D eigenvalue weighted by atomic mass is 16.5. The molecule has 0 aliphatic heterocycles. The monoisotopic (exact) mass is 275 g/mol. The lowest BCUT2D eigenvalue weighted by Crippen LogP contribution is -2.10. The SMILES string of the molecule is CC(O)Cc1ccc(OCc2ncnn2C(C)C)cc1. The fourth-order valence-corrected chi connectivity index (χ4v) is 2.02. The Bertz CT molecular complexity index is 532. The summed E-state index contributed by atoms with van der Waals surface area (Å²) in [5.41, 5.74) is 1.10. The maximum Gasteiger partial charge on any atom is 0.165 e. The molecule has 108 valence electrons. The summed E-state index contributed by atoms with van der Waals surface area (Å²) in [6, 6.07) is 8.02. The number of benzene rings is 1. The molecule has 2 aromatic rings. The minimum atomic E-state index is -0.327. The molecule has 1 aromatic heterocycles. The van der Waals surface area contributed by atoms with E-state index in [0.717, 1.165) is 17.1 Å². The van der Waals surface area contributed by atoms with Gasteiger partial charge in [-0.1, -0.05) is 12.1 Å². The van der Waals surface area contributed by atoms with Crippen molar-refractivity contribution >= 4 is 0 Å². The van der Waals surface area contributed by atoms with Gasteiger partial charge in [0.05, 0.1) is 6.10 Å². The van der Waals surface area contributed by atoms with Crippen LogP contribution in [-0.4, -0.2) is 26.0 Å². The molecule has 0 aliphatic rings. The number of nitrogens with zero attached hydrogens (tertiary/aromatic N) is 3. The van der Waals surface area contributed by atoms with E-state index in [2.05, 4.69) is 23.9 Å². The molecule has 1 N–H and O–H groups in total. The summed E-state index contributed by atoms with van der Waals surface area (Å²) in [5.74, 6) is 1.60. The first-order chi connectivity index (χ1) is 9.56. The summed E-state index contributed by atoms with van der Waals surface area (Å²) < 4.78 is 7.56. The third-order valence-corrected chi connectivity index (χ3v) is 2.96. The van der Waals surface area contributed by atoms with Crippen LogP contribution in [0.1, 0.15) is 38.2 Å². The molecule has 1 heterocycles. The van der Waals surface area contributed by atoms with E-state index in [1.807, 2.05) is 28.9 Å². The lowest BCUT2D eigenvalue weighted by molar-refractivity contribution is 0.195. The Morgan fingerprint density at radius 2 is 1.90 bits per heavy atom. The molecule has 0 spiro atoms. The second-order valence-corrected chi connectivity index (χ2v) is 5.20. The molecule has 0 radical (unpaired) electrons. The maximum absolute atomic E-state index is 9.34. The van der Waals surface area contributed by atoms with Crippen molar-refractivity contribution in [1.82, 2.24) is 14.8 Å². The van der Waals surface area contributed by atoms with Gasteiger partial charge in [-0.25, -0.2) is 9.67 Å². The van der Waals surface area contributed by atoms with E-state index in [0.29, 0.717) is 13.0 Å². The zero-order valence-corrected chi connectivity index (χ0v) is 12.2. The van der Waals surface area contributed by atoms with Crippen LogP contribution in [0.5, 0.6) is 5.75 Å². The largest absolute Gasteiger partial charge is 0.486 e. The van der Waals surface area contributed by atoms with Gasteiger partial charge >= 0.3 is 0 Å². The van der Waals surface area contributed by atoms with Crippen LogP contribution in [0.2, 0.25) is 0 Å². The lowest BCUT2D eigenvalue weighted by Gasteiger charge is -2.11. The Morgan fingerprint density at radius 3 is 2.50 bits per heavy atom. The van der Waals surface area contributed by atoms with Gasteiger partial charge in [0.2, 0.25) is 0 Å². The lowest BCUT2D eigenvalue weighted by atomic mass is 10.1. The number of aliphatic hydroxyl groups is 1. The van der Waals surface area contributed by atoms with Crippen molar-refractivity contribution in [2.75, 3.05) is 0 Å². The predicted octanol–water partition coefficient (Wildman–Crippen LogP) is 2.36. The Labute approximate surface area is 119 Å². The average Bonchev–Trinajstić information content (AvgIpc) is 2.86. The van der Waals surface area contributed by atoms with Crippen LogP contribution in [0.3, 0.4) is 0 Å². The van der Waals surface area contributed by atoms with Gasteiger partial charge < -0.3 is 9.84 Å². The molecule has 20 heavy (non-hydrogen) atoms. The highest BCUT2D eigenvalue weighted by Gasteiger charge is 2.08. The first-order valence-electron chi connectivity index (χ1n) is 6.84. The number of hydrogen-bond donors (Lipinski definition) is 1.